The molecule has 0 unspecified atom stereocenters. The van der Waals surface area contributed by atoms with Crippen LogP contribution in [0.25, 0.3) is 0 Å². The van der Waals surface area contributed by atoms with Gasteiger partial charge in [0.1, 0.15) is 12.0 Å². The Hall–Kier alpha value is -1.64. The molecule has 0 radical (unpaired) electrons. The minimum atomic E-state index is 0.129. The zero-order chi connectivity index (χ0) is 10.7. The molecule has 0 bridgehead atoms. The van der Waals surface area contributed by atoms with Gasteiger partial charge in [0.05, 0.1) is 12.2 Å². The molecule has 0 aromatic heterocycles. The Kier molecular flexibility index (Phi) is 2.81. The molecule has 15 heavy (non-hydrogen) atoms. The summed E-state index contributed by atoms with van der Waals surface area (Å²) in [5, 5.41) is 0. The zero-order valence-electron chi connectivity index (χ0n) is 8.36. The van der Waals surface area contributed by atoms with E-state index in [1.807, 2.05) is 12.1 Å². The Morgan fingerprint density at radius 1 is 1.40 bits per heavy atom. The fraction of sp³-hybridized carbons (Fsp3) is 0.333. The molecule has 0 saturated carbocycles. The number of Topliss-reactive ketones (excluding diaryl/α,β-unsaturated/α-hetero) is 1. The summed E-state index contributed by atoms with van der Waals surface area (Å²) in [6, 6.07) is 5.52. The SMILES string of the molecule is O=CCCc1cccc2c1OCCC2=O. The van der Waals surface area contributed by atoms with Gasteiger partial charge in [-0.05, 0) is 18.1 Å². The Morgan fingerprint density at radius 3 is 3.07 bits per heavy atom. The van der Waals surface area contributed by atoms with Gasteiger partial charge in [-0.25, -0.2) is 0 Å². The molecule has 0 saturated heterocycles. The predicted octanol–water partition coefficient (Wildman–Crippen LogP) is 1.78. The second-order valence-electron chi connectivity index (χ2n) is 3.52. The van der Waals surface area contributed by atoms with E-state index in [-0.39, 0.29) is 5.78 Å². The lowest BCUT2D eigenvalue weighted by Crippen LogP contribution is -2.16. The zero-order valence-corrected chi connectivity index (χ0v) is 8.36. The Morgan fingerprint density at radius 2 is 2.27 bits per heavy atom. The van der Waals surface area contributed by atoms with Gasteiger partial charge in [-0.3, -0.25) is 4.79 Å². The van der Waals surface area contributed by atoms with Crippen molar-refractivity contribution in [1.29, 1.82) is 0 Å². The van der Waals surface area contributed by atoms with Crippen LogP contribution in [0.1, 0.15) is 28.8 Å². The van der Waals surface area contributed by atoms with Gasteiger partial charge in [-0.2, -0.15) is 0 Å². The summed E-state index contributed by atoms with van der Waals surface area (Å²) in [6.45, 7) is 0.448. The van der Waals surface area contributed by atoms with Crippen molar-refractivity contribution in [3.05, 3.63) is 29.3 Å². The highest BCUT2D eigenvalue weighted by Crippen LogP contribution is 2.29. The van der Waals surface area contributed by atoms with Crippen molar-refractivity contribution < 1.29 is 14.3 Å². The highest BCUT2D eigenvalue weighted by Gasteiger charge is 2.20. The molecule has 0 N–H and O–H groups in total. The van der Waals surface area contributed by atoms with Crippen LogP contribution in [0, 0.1) is 0 Å². The van der Waals surface area contributed by atoms with E-state index in [1.54, 1.807) is 6.07 Å². The average Bonchev–Trinajstić information content (AvgIpc) is 2.27. The number of aldehydes is 1. The Labute approximate surface area is 88.1 Å². The first kappa shape index (κ1) is 9.90. The van der Waals surface area contributed by atoms with Crippen LogP contribution in [0.2, 0.25) is 0 Å². The fourth-order valence-electron chi connectivity index (χ4n) is 1.77. The van der Waals surface area contributed by atoms with Crippen molar-refractivity contribution in [1.82, 2.24) is 0 Å². The molecule has 1 aliphatic rings. The number of benzene rings is 1. The molecule has 1 aromatic carbocycles. The number of carbonyl (C=O) groups is 2. The van der Waals surface area contributed by atoms with Crippen LogP contribution >= 0.6 is 0 Å². The minimum Gasteiger partial charge on any atom is -0.492 e. The number of fused-ring (bicyclic) bond motifs is 1. The summed E-state index contributed by atoms with van der Waals surface area (Å²) < 4.78 is 5.49. The third-order valence-electron chi connectivity index (χ3n) is 2.50. The van der Waals surface area contributed by atoms with Crippen LogP contribution in [0.5, 0.6) is 5.75 Å². The third kappa shape index (κ3) is 1.91. The van der Waals surface area contributed by atoms with E-state index in [1.165, 1.54) is 0 Å². The molecule has 0 amide bonds. The highest BCUT2D eigenvalue weighted by molar-refractivity contribution is 6.00. The van der Waals surface area contributed by atoms with E-state index < -0.39 is 0 Å². The molecule has 3 heteroatoms. The maximum Gasteiger partial charge on any atom is 0.170 e. The molecule has 0 aliphatic carbocycles. The number of ketones is 1. The van der Waals surface area contributed by atoms with Crippen LogP contribution in [-0.2, 0) is 11.2 Å². The van der Waals surface area contributed by atoms with Gasteiger partial charge in [0.25, 0.3) is 0 Å². The first-order chi connectivity index (χ1) is 7.33. The maximum atomic E-state index is 11.6. The second-order valence-corrected chi connectivity index (χ2v) is 3.52. The van der Waals surface area contributed by atoms with Gasteiger partial charge >= 0.3 is 0 Å². The van der Waals surface area contributed by atoms with Crippen molar-refractivity contribution in [2.75, 3.05) is 6.61 Å². The molecule has 0 spiro atoms. The normalized spacial score (nSPS) is 14.3. The van der Waals surface area contributed by atoms with Gasteiger partial charge in [0.15, 0.2) is 5.78 Å². The topological polar surface area (TPSA) is 43.4 Å². The lowest BCUT2D eigenvalue weighted by molar-refractivity contribution is -0.107. The number of carbonyl (C=O) groups excluding carboxylic acids is 2. The van der Waals surface area contributed by atoms with Gasteiger partial charge in [-0.15, -0.1) is 0 Å². The van der Waals surface area contributed by atoms with E-state index in [2.05, 4.69) is 0 Å². The van der Waals surface area contributed by atoms with Crippen molar-refractivity contribution >= 4 is 12.1 Å². The van der Waals surface area contributed by atoms with E-state index in [9.17, 15) is 9.59 Å². The predicted molar refractivity (Wildman–Crippen MR) is 55.3 cm³/mol. The van der Waals surface area contributed by atoms with Crippen LogP contribution in [0.3, 0.4) is 0 Å². The molecule has 0 fully saturated rings. The number of para-hydroxylation sites is 1. The molecular weight excluding hydrogens is 192 g/mol. The third-order valence-corrected chi connectivity index (χ3v) is 2.50. The van der Waals surface area contributed by atoms with E-state index >= 15 is 0 Å². The summed E-state index contributed by atoms with van der Waals surface area (Å²) in [7, 11) is 0. The van der Waals surface area contributed by atoms with Crippen molar-refractivity contribution in [3.8, 4) is 5.75 Å². The Bertz CT molecular complexity index is 396. The smallest absolute Gasteiger partial charge is 0.170 e. The first-order valence-electron chi connectivity index (χ1n) is 5.04. The number of aryl methyl sites for hydroxylation is 1. The Balaban J connectivity index is 2.35. The monoisotopic (exact) mass is 204 g/mol. The molecule has 2 rings (SSSR count). The number of ether oxygens (including phenoxy) is 1. The van der Waals surface area contributed by atoms with Crippen molar-refractivity contribution in [2.24, 2.45) is 0 Å². The van der Waals surface area contributed by atoms with Crippen LogP contribution < -0.4 is 4.74 Å². The standard InChI is InChI=1S/C12H12O3/c13-7-2-4-9-3-1-5-10-11(14)6-8-15-12(9)10/h1,3,5,7H,2,4,6,8H2. The summed E-state index contributed by atoms with van der Waals surface area (Å²) in [4.78, 5) is 21.9. The van der Waals surface area contributed by atoms with Crippen LogP contribution in [0.15, 0.2) is 18.2 Å². The maximum absolute atomic E-state index is 11.6. The first-order valence-corrected chi connectivity index (χ1v) is 5.04. The highest BCUT2D eigenvalue weighted by atomic mass is 16.5. The molecule has 1 aromatic rings. The van der Waals surface area contributed by atoms with Gasteiger partial charge in [0.2, 0.25) is 0 Å². The van der Waals surface area contributed by atoms with Crippen molar-refractivity contribution in [2.45, 2.75) is 19.3 Å². The molecule has 3 nitrogen and oxygen atoms in total. The lowest BCUT2D eigenvalue weighted by Gasteiger charge is -2.18. The summed E-state index contributed by atoms with van der Waals surface area (Å²) in [5.41, 5.74) is 1.61. The summed E-state index contributed by atoms with van der Waals surface area (Å²) in [6.07, 6.45) is 2.43. The molecule has 0 atom stereocenters. The average molecular weight is 204 g/mol. The van der Waals surface area contributed by atoms with Gasteiger partial charge in [-0.1, -0.05) is 12.1 Å². The number of hydrogen-bond acceptors (Lipinski definition) is 3. The molecule has 78 valence electrons. The quantitative estimate of drug-likeness (QED) is 0.705. The second kappa shape index (κ2) is 4.26. The summed E-state index contributed by atoms with van der Waals surface area (Å²) in [5.74, 6) is 0.805. The van der Waals surface area contributed by atoms with E-state index in [0.29, 0.717) is 37.2 Å². The molecule has 1 heterocycles. The molecular formula is C12H12O3. The fourth-order valence-corrected chi connectivity index (χ4v) is 1.77. The van der Waals surface area contributed by atoms with Crippen LogP contribution in [-0.4, -0.2) is 18.7 Å². The lowest BCUT2D eigenvalue weighted by atomic mass is 9.99. The largest absolute Gasteiger partial charge is 0.492 e. The number of hydrogen-bond donors (Lipinski definition) is 0. The van der Waals surface area contributed by atoms with Crippen molar-refractivity contribution in [3.63, 3.8) is 0 Å². The van der Waals surface area contributed by atoms with Crippen LogP contribution in [0.4, 0.5) is 0 Å². The summed E-state index contributed by atoms with van der Waals surface area (Å²) >= 11 is 0. The molecule has 1 aliphatic heterocycles. The van der Waals surface area contributed by atoms with E-state index in [4.69, 9.17) is 4.74 Å². The van der Waals surface area contributed by atoms with E-state index in [0.717, 1.165) is 11.8 Å². The van der Waals surface area contributed by atoms with Gasteiger partial charge in [0, 0.05) is 12.8 Å². The van der Waals surface area contributed by atoms with Gasteiger partial charge < -0.3 is 9.53 Å². The minimum absolute atomic E-state index is 0.129. The number of rotatable bonds is 3.